The van der Waals surface area contributed by atoms with Crippen LogP contribution >= 0.6 is 24.0 Å². The van der Waals surface area contributed by atoms with E-state index in [0.717, 1.165) is 0 Å². The standard InChI is InChI=1S/C15H20ClN3O5.ClH/c1-23-13-5-12(17)11(16)4-10(13)15(22)18-6-9-7-19(2-3-24-9)8-14(20)21;/h4-5,9H,2-3,6-8,17H2,1H3,(H,18,22)(H,20,21);1H. The summed E-state index contributed by atoms with van der Waals surface area (Å²) in [5, 5.41) is 11.8. The number of nitrogen functional groups attached to an aromatic ring is 1. The summed E-state index contributed by atoms with van der Waals surface area (Å²) in [6.07, 6.45) is -0.280. The van der Waals surface area contributed by atoms with Crippen LogP contribution in [0.5, 0.6) is 5.75 Å². The third-order valence-electron chi connectivity index (χ3n) is 3.64. The van der Waals surface area contributed by atoms with Gasteiger partial charge in [-0.2, -0.15) is 0 Å². The monoisotopic (exact) mass is 393 g/mol. The Kier molecular flexibility index (Phi) is 8.24. The lowest BCUT2D eigenvalue weighted by Gasteiger charge is -2.31. The summed E-state index contributed by atoms with van der Waals surface area (Å²) in [6, 6.07) is 2.94. The van der Waals surface area contributed by atoms with Gasteiger partial charge in [0.15, 0.2) is 0 Å². The van der Waals surface area contributed by atoms with Crippen LogP contribution in [0.3, 0.4) is 0 Å². The average molecular weight is 394 g/mol. The van der Waals surface area contributed by atoms with Gasteiger partial charge in [-0.25, -0.2) is 0 Å². The first-order valence-electron chi connectivity index (χ1n) is 7.37. The topological polar surface area (TPSA) is 114 Å². The maximum atomic E-state index is 12.3. The van der Waals surface area contributed by atoms with E-state index in [2.05, 4.69) is 5.32 Å². The molecule has 1 aliphatic heterocycles. The van der Waals surface area contributed by atoms with Crippen LogP contribution in [0.15, 0.2) is 12.1 Å². The molecule has 1 saturated heterocycles. The SMILES string of the molecule is COc1cc(N)c(Cl)cc1C(=O)NCC1CN(CC(=O)O)CCO1.Cl. The molecule has 0 aliphatic carbocycles. The fourth-order valence-corrected chi connectivity index (χ4v) is 2.62. The van der Waals surface area contributed by atoms with E-state index in [9.17, 15) is 9.59 Å². The van der Waals surface area contributed by atoms with Crippen LogP contribution in [0.25, 0.3) is 0 Å². The molecule has 1 amide bonds. The molecule has 1 aromatic rings. The number of nitrogens with zero attached hydrogens (tertiary/aromatic N) is 1. The fourth-order valence-electron chi connectivity index (χ4n) is 2.46. The maximum Gasteiger partial charge on any atom is 0.317 e. The van der Waals surface area contributed by atoms with Crippen LogP contribution in [-0.4, -0.2) is 67.9 Å². The lowest BCUT2D eigenvalue weighted by Crippen LogP contribution is -2.48. The highest BCUT2D eigenvalue weighted by molar-refractivity contribution is 6.33. The van der Waals surface area contributed by atoms with Crippen molar-refractivity contribution in [1.82, 2.24) is 10.2 Å². The van der Waals surface area contributed by atoms with Crippen LogP contribution in [0.1, 0.15) is 10.4 Å². The molecule has 0 saturated carbocycles. The highest BCUT2D eigenvalue weighted by atomic mass is 35.5. The van der Waals surface area contributed by atoms with Crippen molar-refractivity contribution in [3.8, 4) is 5.75 Å². The molecule has 0 spiro atoms. The minimum absolute atomic E-state index is 0. The normalized spacial score (nSPS) is 17.4. The summed E-state index contributed by atoms with van der Waals surface area (Å²) < 4.78 is 10.7. The van der Waals surface area contributed by atoms with Crippen molar-refractivity contribution in [2.24, 2.45) is 0 Å². The van der Waals surface area contributed by atoms with Gasteiger partial charge in [-0.1, -0.05) is 11.6 Å². The molecule has 140 valence electrons. The number of ether oxygens (including phenoxy) is 2. The number of halogens is 2. The first-order valence-corrected chi connectivity index (χ1v) is 7.75. The van der Waals surface area contributed by atoms with E-state index in [1.54, 1.807) is 4.90 Å². The third-order valence-corrected chi connectivity index (χ3v) is 3.96. The molecule has 2 rings (SSSR count). The number of aliphatic carboxylic acids is 1. The number of carboxylic acids is 1. The number of nitrogens with two attached hydrogens (primary N) is 1. The molecule has 1 aromatic carbocycles. The predicted molar refractivity (Wildman–Crippen MR) is 95.8 cm³/mol. The number of carbonyl (C=O) groups is 2. The largest absolute Gasteiger partial charge is 0.496 e. The Hall–Kier alpha value is -1.74. The number of hydrogen-bond acceptors (Lipinski definition) is 6. The van der Waals surface area contributed by atoms with Crippen LogP contribution in [0.4, 0.5) is 5.69 Å². The number of hydrogen-bond donors (Lipinski definition) is 3. The number of carbonyl (C=O) groups excluding carboxylic acids is 1. The second-order valence-corrected chi connectivity index (χ2v) is 5.81. The zero-order valence-corrected chi connectivity index (χ0v) is 15.2. The molecule has 10 heteroatoms. The van der Waals surface area contributed by atoms with Gasteiger partial charge < -0.3 is 25.6 Å². The highest BCUT2D eigenvalue weighted by Gasteiger charge is 2.23. The van der Waals surface area contributed by atoms with Crippen molar-refractivity contribution in [3.63, 3.8) is 0 Å². The Balaban J connectivity index is 0.00000312. The van der Waals surface area contributed by atoms with Crippen molar-refractivity contribution in [1.29, 1.82) is 0 Å². The van der Waals surface area contributed by atoms with Crippen molar-refractivity contribution in [3.05, 3.63) is 22.7 Å². The summed E-state index contributed by atoms with van der Waals surface area (Å²) in [5.74, 6) is -0.930. The molecule has 0 bridgehead atoms. The van der Waals surface area contributed by atoms with E-state index < -0.39 is 5.97 Å². The molecule has 1 atom stereocenters. The van der Waals surface area contributed by atoms with Crippen molar-refractivity contribution < 1.29 is 24.2 Å². The van der Waals surface area contributed by atoms with Gasteiger partial charge >= 0.3 is 5.97 Å². The number of methoxy groups -OCH3 is 1. The van der Waals surface area contributed by atoms with Gasteiger partial charge in [-0.05, 0) is 6.07 Å². The maximum absolute atomic E-state index is 12.3. The molecular formula is C15H21Cl2N3O5. The van der Waals surface area contributed by atoms with Gasteiger partial charge in [0.2, 0.25) is 0 Å². The second kappa shape index (κ2) is 9.67. The Morgan fingerprint density at radius 3 is 2.88 bits per heavy atom. The van der Waals surface area contributed by atoms with Gasteiger partial charge in [0.05, 0.1) is 42.6 Å². The molecule has 8 nitrogen and oxygen atoms in total. The fraction of sp³-hybridized carbons (Fsp3) is 0.467. The van der Waals surface area contributed by atoms with Crippen molar-refractivity contribution in [2.45, 2.75) is 6.10 Å². The van der Waals surface area contributed by atoms with Gasteiger partial charge in [0.25, 0.3) is 5.91 Å². The van der Waals surface area contributed by atoms with E-state index in [4.69, 9.17) is 31.9 Å². The summed E-state index contributed by atoms with van der Waals surface area (Å²) in [4.78, 5) is 24.9. The molecule has 0 radical (unpaired) electrons. The van der Waals surface area contributed by atoms with Crippen molar-refractivity contribution >= 4 is 41.6 Å². The predicted octanol–water partition coefficient (Wildman–Crippen LogP) is 0.868. The number of morpholine rings is 1. The lowest BCUT2D eigenvalue weighted by molar-refractivity contribution is -0.140. The molecule has 25 heavy (non-hydrogen) atoms. The number of benzene rings is 1. The Bertz CT molecular complexity index is 629. The minimum Gasteiger partial charge on any atom is -0.496 e. The van der Waals surface area contributed by atoms with Crippen LogP contribution in [-0.2, 0) is 9.53 Å². The van der Waals surface area contributed by atoms with Crippen LogP contribution in [0.2, 0.25) is 5.02 Å². The smallest absolute Gasteiger partial charge is 0.317 e. The average Bonchev–Trinajstić information content (AvgIpc) is 2.54. The minimum atomic E-state index is -0.888. The molecule has 4 N–H and O–H groups in total. The first kappa shape index (κ1) is 21.3. The van der Waals surface area contributed by atoms with E-state index in [-0.39, 0.29) is 48.1 Å². The molecule has 1 unspecified atom stereocenters. The zero-order valence-electron chi connectivity index (χ0n) is 13.7. The third kappa shape index (κ3) is 5.93. The lowest BCUT2D eigenvalue weighted by atomic mass is 10.1. The Morgan fingerprint density at radius 2 is 2.24 bits per heavy atom. The first-order chi connectivity index (χ1) is 11.4. The van der Waals surface area contributed by atoms with Crippen molar-refractivity contribution in [2.75, 3.05) is 45.6 Å². The summed E-state index contributed by atoms with van der Waals surface area (Å²) in [5.41, 5.74) is 6.29. The van der Waals surface area contributed by atoms with Crippen LogP contribution < -0.4 is 15.8 Å². The van der Waals surface area contributed by atoms with Gasteiger partial charge in [0.1, 0.15) is 5.75 Å². The molecule has 1 aliphatic rings. The van der Waals surface area contributed by atoms with E-state index in [1.807, 2.05) is 0 Å². The quantitative estimate of drug-likeness (QED) is 0.614. The van der Waals surface area contributed by atoms with Gasteiger partial charge in [0, 0.05) is 25.7 Å². The Morgan fingerprint density at radius 1 is 1.52 bits per heavy atom. The van der Waals surface area contributed by atoms with Crippen LogP contribution in [0, 0.1) is 0 Å². The number of nitrogens with one attached hydrogen (secondary N) is 1. The van der Waals surface area contributed by atoms with E-state index in [0.29, 0.717) is 31.1 Å². The number of amides is 1. The van der Waals surface area contributed by atoms with E-state index >= 15 is 0 Å². The highest BCUT2D eigenvalue weighted by Crippen LogP contribution is 2.28. The summed E-state index contributed by atoms with van der Waals surface area (Å²) in [6.45, 7) is 1.62. The second-order valence-electron chi connectivity index (χ2n) is 5.41. The zero-order chi connectivity index (χ0) is 17.7. The number of anilines is 1. The Labute approximate surface area is 156 Å². The number of carboxylic acid groups (broad SMARTS) is 1. The summed E-state index contributed by atoms with van der Waals surface area (Å²) in [7, 11) is 1.44. The molecule has 1 heterocycles. The summed E-state index contributed by atoms with van der Waals surface area (Å²) >= 11 is 5.96. The van der Waals surface area contributed by atoms with Gasteiger partial charge in [-0.15, -0.1) is 12.4 Å². The van der Waals surface area contributed by atoms with E-state index in [1.165, 1.54) is 19.2 Å². The molecule has 1 fully saturated rings. The van der Waals surface area contributed by atoms with Gasteiger partial charge in [-0.3, -0.25) is 14.5 Å². The number of rotatable bonds is 6. The molecular weight excluding hydrogens is 373 g/mol. The molecule has 0 aromatic heterocycles.